The first kappa shape index (κ1) is 11.5. The number of aliphatic hydroxyl groups excluding tert-OH is 1. The van der Waals surface area contributed by atoms with Crippen molar-refractivity contribution < 1.29 is 9.90 Å². The van der Waals surface area contributed by atoms with Crippen molar-refractivity contribution in [2.75, 3.05) is 13.2 Å². The van der Waals surface area contributed by atoms with Gasteiger partial charge in [0.1, 0.15) is 0 Å². The van der Waals surface area contributed by atoms with E-state index < -0.39 is 0 Å². The van der Waals surface area contributed by atoms with Crippen LogP contribution in [0, 0.1) is 16.7 Å². The molecule has 0 bridgehead atoms. The summed E-state index contributed by atoms with van der Waals surface area (Å²) >= 11 is 0. The van der Waals surface area contributed by atoms with Gasteiger partial charge in [-0.3, -0.25) is 4.79 Å². The largest absolute Gasteiger partial charge is 0.396 e. The van der Waals surface area contributed by atoms with Crippen LogP contribution in [0.15, 0.2) is 0 Å². The summed E-state index contributed by atoms with van der Waals surface area (Å²) in [6.45, 7) is 9.23. The van der Waals surface area contributed by atoms with Crippen LogP contribution in [0.1, 0.15) is 34.1 Å². The molecule has 1 saturated carbocycles. The van der Waals surface area contributed by atoms with Crippen LogP contribution in [0.3, 0.4) is 0 Å². The van der Waals surface area contributed by atoms with Crippen molar-refractivity contribution in [2.24, 2.45) is 16.7 Å². The molecule has 0 spiro atoms. The van der Waals surface area contributed by atoms with Gasteiger partial charge in [-0.15, -0.1) is 0 Å². The van der Waals surface area contributed by atoms with Gasteiger partial charge in [-0.1, -0.05) is 27.7 Å². The number of carbonyl (C=O) groups is 1. The predicted molar refractivity (Wildman–Crippen MR) is 55.8 cm³/mol. The zero-order valence-corrected chi connectivity index (χ0v) is 9.55. The molecule has 2 N–H and O–H groups in total. The summed E-state index contributed by atoms with van der Waals surface area (Å²) in [5.74, 6) is 0.252. The molecule has 0 heterocycles. The number of aliphatic hydroxyl groups is 1. The molecule has 0 saturated heterocycles. The van der Waals surface area contributed by atoms with Crippen molar-refractivity contribution in [3.8, 4) is 0 Å². The van der Waals surface area contributed by atoms with E-state index in [0.29, 0.717) is 13.0 Å². The van der Waals surface area contributed by atoms with Crippen molar-refractivity contribution in [1.82, 2.24) is 5.32 Å². The Bertz CT molecular complexity index is 219. The molecule has 0 aliphatic heterocycles. The van der Waals surface area contributed by atoms with Crippen LogP contribution in [-0.4, -0.2) is 24.2 Å². The topological polar surface area (TPSA) is 49.3 Å². The Balaban J connectivity index is 2.42. The molecular formula is C11H21NO2. The first-order valence-electron chi connectivity index (χ1n) is 5.24. The van der Waals surface area contributed by atoms with E-state index >= 15 is 0 Å². The lowest BCUT2D eigenvalue weighted by atomic mass is 10.0. The van der Waals surface area contributed by atoms with Gasteiger partial charge in [-0.2, -0.15) is 0 Å². The molecule has 1 aliphatic rings. The molecule has 14 heavy (non-hydrogen) atoms. The Morgan fingerprint density at radius 3 is 2.14 bits per heavy atom. The van der Waals surface area contributed by atoms with Gasteiger partial charge >= 0.3 is 0 Å². The number of amides is 1. The molecular weight excluding hydrogens is 178 g/mol. The van der Waals surface area contributed by atoms with E-state index in [1.807, 2.05) is 0 Å². The molecule has 1 aliphatic carbocycles. The SMILES string of the molecule is CC1(C)C(C(=O)NCCCO)C1(C)C. The van der Waals surface area contributed by atoms with Crippen LogP contribution in [0.5, 0.6) is 0 Å². The Labute approximate surface area is 85.9 Å². The number of carbonyl (C=O) groups excluding carboxylic acids is 1. The summed E-state index contributed by atoms with van der Waals surface area (Å²) in [7, 11) is 0. The highest BCUT2D eigenvalue weighted by atomic mass is 16.3. The summed E-state index contributed by atoms with van der Waals surface area (Å²) in [6.07, 6.45) is 0.638. The third-order valence-corrected chi connectivity index (χ3v) is 3.92. The summed E-state index contributed by atoms with van der Waals surface area (Å²) in [4.78, 5) is 11.7. The summed E-state index contributed by atoms with van der Waals surface area (Å²) in [5, 5.41) is 11.4. The first-order valence-corrected chi connectivity index (χ1v) is 5.24. The molecule has 1 amide bonds. The Hall–Kier alpha value is -0.570. The van der Waals surface area contributed by atoms with Crippen molar-refractivity contribution in [1.29, 1.82) is 0 Å². The Morgan fingerprint density at radius 2 is 1.79 bits per heavy atom. The first-order chi connectivity index (χ1) is 6.35. The summed E-state index contributed by atoms with van der Waals surface area (Å²) in [6, 6.07) is 0. The highest BCUT2D eigenvalue weighted by Crippen LogP contribution is 2.68. The van der Waals surface area contributed by atoms with Gasteiger partial charge < -0.3 is 10.4 Å². The summed E-state index contributed by atoms with van der Waals surface area (Å²) in [5.41, 5.74) is 0.215. The fourth-order valence-electron chi connectivity index (χ4n) is 2.24. The minimum absolute atomic E-state index is 0.107. The minimum atomic E-state index is 0.107. The van der Waals surface area contributed by atoms with Gasteiger partial charge in [0, 0.05) is 19.1 Å². The smallest absolute Gasteiger partial charge is 0.224 e. The Morgan fingerprint density at radius 1 is 1.29 bits per heavy atom. The molecule has 82 valence electrons. The number of hydrogen-bond acceptors (Lipinski definition) is 2. The van der Waals surface area contributed by atoms with Gasteiger partial charge in [-0.05, 0) is 17.3 Å². The normalized spacial score (nSPS) is 23.2. The number of rotatable bonds is 4. The highest BCUT2D eigenvalue weighted by Gasteiger charge is 2.68. The molecule has 0 aromatic heterocycles. The maximum atomic E-state index is 11.7. The van der Waals surface area contributed by atoms with Gasteiger partial charge in [0.15, 0.2) is 0 Å². The highest BCUT2D eigenvalue weighted by molar-refractivity contribution is 5.84. The lowest BCUT2D eigenvalue weighted by molar-refractivity contribution is -0.123. The molecule has 3 heteroatoms. The van der Waals surface area contributed by atoms with E-state index in [9.17, 15) is 4.79 Å². The van der Waals surface area contributed by atoms with Gasteiger partial charge in [0.2, 0.25) is 5.91 Å². The van der Waals surface area contributed by atoms with Gasteiger partial charge in [-0.25, -0.2) is 0 Å². The van der Waals surface area contributed by atoms with Gasteiger partial charge in [0.25, 0.3) is 0 Å². The van der Waals surface area contributed by atoms with Crippen LogP contribution in [0.2, 0.25) is 0 Å². The van der Waals surface area contributed by atoms with E-state index in [1.165, 1.54) is 0 Å². The Kier molecular flexibility index (Phi) is 2.91. The quantitative estimate of drug-likeness (QED) is 0.668. The zero-order chi connectivity index (χ0) is 11.0. The van der Waals surface area contributed by atoms with Crippen molar-refractivity contribution in [2.45, 2.75) is 34.1 Å². The zero-order valence-electron chi connectivity index (χ0n) is 9.55. The van der Waals surface area contributed by atoms with Crippen LogP contribution < -0.4 is 5.32 Å². The third kappa shape index (κ3) is 1.65. The van der Waals surface area contributed by atoms with E-state index in [0.717, 1.165) is 0 Å². The fourth-order valence-corrected chi connectivity index (χ4v) is 2.24. The second-order valence-corrected chi connectivity index (χ2v) is 5.24. The summed E-state index contributed by atoms with van der Waals surface area (Å²) < 4.78 is 0. The van der Waals surface area contributed by atoms with Crippen molar-refractivity contribution >= 4 is 5.91 Å². The van der Waals surface area contributed by atoms with E-state index in [1.54, 1.807) is 0 Å². The van der Waals surface area contributed by atoms with Crippen molar-refractivity contribution in [3.63, 3.8) is 0 Å². The molecule has 0 aromatic rings. The fraction of sp³-hybridized carbons (Fsp3) is 0.909. The van der Waals surface area contributed by atoms with Gasteiger partial charge in [0.05, 0.1) is 0 Å². The van der Waals surface area contributed by atoms with Crippen molar-refractivity contribution in [3.05, 3.63) is 0 Å². The maximum Gasteiger partial charge on any atom is 0.224 e. The van der Waals surface area contributed by atoms with Crippen LogP contribution in [-0.2, 0) is 4.79 Å². The number of hydrogen-bond donors (Lipinski definition) is 2. The predicted octanol–water partition coefficient (Wildman–Crippen LogP) is 1.17. The molecule has 0 aromatic carbocycles. The van der Waals surface area contributed by atoms with Crippen LogP contribution in [0.4, 0.5) is 0 Å². The van der Waals surface area contributed by atoms with E-state index in [2.05, 4.69) is 33.0 Å². The molecule has 1 rings (SSSR count). The second kappa shape index (κ2) is 3.54. The second-order valence-electron chi connectivity index (χ2n) is 5.24. The third-order valence-electron chi connectivity index (χ3n) is 3.92. The molecule has 0 radical (unpaired) electrons. The maximum absolute atomic E-state index is 11.7. The van der Waals surface area contributed by atoms with E-state index in [4.69, 9.17) is 5.11 Å². The molecule has 0 atom stereocenters. The van der Waals surface area contributed by atoms with Crippen LogP contribution >= 0.6 is 0 Å². The lowest BCUT2D eigenvalue weighted by Gasteiger charge is -2.04. The van der Waals surface area contributed by atoms with E-state index in [-0.39, 0.29) is 29.3 Å². The molecule has 1 fully saturated rings. The lowest BCUT2D eigenvalue weighted by Crippen LogP contribution is -2.28. The van der Waals surface area contributed by atoms with Crippen LogP contribution in [0.25, 0.3) is 0 Å². The molecule has 0 unspecified atom stereocenters. The minimum Gasteiger partial charge on any atom is -0.396 e. The average molecular weight is 199 g/mol. The monoisotopic (exact) mass is 199 g/mol. The molecule has 3 nitrogen and oxygen atoms in total. The standard InChI is InChI=1S/C11H21NO2/c1-10(2)8(11(10,3)4)9(14)12-6-5-7-13/h8,13H,5-7H2,1-4H3,(H,12,14). The average Bonchev–Trinajstić information content (AvgIpc) is 2.43. The number of nitrogens with one attached hydrogen (secondary N) is 1.